The number of methoxy groups -OCH3 is 1. The van der Waals surface area contributed by atoms with Crippen LogP contribution in [-0.4, -0.2) is 18.8 Å². The molecule has 0 spiro atoms. The lowest BCUT2D eigenvalue weighted by Gasteiger charge is -2.16. The van der Waals surface area contributed by atoms with E-state index in [9.17, 15) is 5.11 Å². The van der Waals surface area contributed by atoms with E-state index in [1.807, 2.05) is 42.5 Å². The first kappa shape index (κ1) is 15.9. The second-order valence-corrected chi connectivity index (χ2v) is 5.63. The normalized spacial score (nSPS) is 12.0. The summed E-state index contributed by atoms with van der Waals surface area (Å²) in [6, 6.07) is 13.1. The van der Waals surface area contributed by atoms with Gasteiger partial charge in [-0.1, -0.05) is 35.0 Å². The molecule has 0 radical (unpaired) electrons. The molecule has 4 heteroatoms. The van der Waals surface area contributed by atoms with Crippen molar-refractivity contribution in [3.05, 3.63) is 58.1 Å². The Kier molecular flexibility index (Phi) is 5.65. The minimum Gasteiger partial charge on any atom is -0.496 e. The van der Waals surface area contributed by atoms with Gasteiger partial charge in [-0.2, -0.15) is 0 Å². The van der Waals surface area contributed by atoms with Gasteiger partial charge in [-0.3, -0.25) is 0 Å². The average molecular weight is 351 g/mol. The minimum absolute atomic E-state index is 0.658. The average Bonchev–Trinajstić information content (AvgIpc) is 2.52. The highest BCUT2D eigenvalue weighted by molar-refractivity contribution is 9.10. The molecule has 2 aromatic carbocycles. The molecule has 0 saturated heterocycles. The molecule has 0 aromatic heterocycles. The van der Waals surface area contributed by atoms with E-state index in [1.54, 1.807) is 7.11 Å². The number of ether oxygens (including phenoxy) is 2. The topological polar surface area (TPSA) is 38.7 Å². The molecule has 112 valence electrons. The molecule has 0 aliphatic rings. The van der Waals surface area contributed by atoms with Gasteiger partial charge in [0.15, 0.2) is 0 Å². The fourth-order valence-corrected chi connectivity index (χ4v) is 2.47. The molecule has 2 rings (SSSR count). The highest BCUT2D eigenvalue weighted by Crippen LogP contribution is 2.33. The second kappa shape index (κ2) is 7.48. The lowest BCUT2D eigenvalue weighted by Crippen LogP contribution is -2.03. The van der Waals surface area contributed by atoms with E-state index in [4.69, 9.17) is 9.47 Å². The maximum Gasteiger partial charge on any atom is 0.125 e. The van der Waals surface area contributed by atoms with E-state index in [2.05, 4.69) is 22.9 Å². The number of benzene rings is 2. The summed E-state index contributed by atoms with van der Waals surface area (Å²) in [5.41, 5.74) is 1.50. The van der Waals surface area contributed by atoms with Crippen LogP contribution < -0.4 is 9.47 Å². The lowest BCUT2D eigenvalue weighted by atomic mass is 10.0. The SMILES string of the molecule is CCCOc1cccc(C(O)c2cc(Br)ccc2OC)c1. The van der Waals surface area contributed by atoms with E-state index >= 15 is 0 Å². The fourth-order valence-electron chi connectivity index (χ4n) is 2.09. The van der Waals surface area contributed by atoms with Crippen LogP contribution in [0.3, 0.4) is 0 Å². The highest BCUT2D eigenvalue weighted by Gasteiger charge is 2.16. The van der Waals surface area contributed by atoms with Crippen LogP contribution in [0.2, 0.25) is 0 Å². The minimum atomic E-state index is -0.761. The van der Waals surface area contributed by atoms with Gasteiger partial charge in [-0.25, -0.2) is 0 Å². The Balaban J connectivity index is 2.31. The third-order valence-corrected chi connectivity index (χ3v) is 3.63. The Morgan fingerprint density at radius 3 is 2.71 bits per heavy atom. The monoisotopic (exact) mass is 350 g/mol. The van der Waals surface area contributed by atoms with Crippen LogP contribution in [0.5, 0.6) is 11.5 Å². The molecule has 0 bridgehead atoms. The standard InChI is InChI=1S/C17H19BrO3/c1-3-9-21-14-6-4-5-12(10-14)17(19)15-11-13(18)7-8-16(15)20-2/h4-8,10-11,17,19H,3,9H2,1-2H3. The van der Waals surface area contributed by atoms with E-state index in [0.717, 1.165) is 27.8 Å². The highest BCUT2D eigenvalue weighted by atomic mass is 79.9. The Morgan fingerprint density at radius 1 is 1.19 bits per heavy atom. The zero-order valence-electron chi connectivity index (χ0n) is 12.2. The number of hydrogen-bond acceptors (Lipinski definition) is 3. The largest absolute Gasteiger partial charge is 0.496 e. The fraction of sp³-hybridized carbons (Fsp3) is 0.294. The van der Waals surface area contributed by atoms with Crippen LogP contribution in [0.1, 0.15) is 30.6 Å². The van der Waals surface area contributed by atoms with Gasteiger partial charge in [0.1, 0.15) is 17.6 Å². The van der Waals surface area contributed by atoms with Crippen molar-refractivity contribution in [2.24, 2.45) is 0 Å². The van der Waals surface area contributed by atoms with Crippen LogP contribution in [-0.2, 0) is 0 Å². The summed E-state index contributed by atoms with van der Waals surface area (Å²) < 4.78 is 11.8. The first-order valence-corrected chi connectivity index (χ1v) is 7.69. The quantitative estimate of drug-likeness (QED) is 0.842. The summed E-state index contributed by atoms with van der Waals surface area (Å²) in [5.74, 6) is 1.42. The van der Waals surface area contributed by atoms with Crippen LogP contribution in [0.25, 0.3) is 0 Å². The lowest BCUT2D eigenvalue weighted by molar-refractivity contribution is 0.213. The molecule has 21 heavy (non-hydrogen) atoms. The summed E-state index contributed by atoms with van der Waals surface area (Å²) in [7, 11) is 1.60. The maximum atomic E-state index is 10.6. The van der Waals surface area contributed by atoms with Gasteiger partial charge < -0.3 is 14.6 Å². The third-order valence-electron chi connectivity index (χ3n) is 3.13. The molecular formula is C17H19BrO3. The third kappa shape index (κ3) is 3.99. The van der Waals surface area contributed by atoms with Gasteiger partial charge in [0.2, 0.25) is 0 Å². The van der Waals surface area contributed by atoms with Crippen molar-refractivity contribution in [1.29, 1.82) is 0 Å². The first-order chi connectivity index (χ1) is 10.2. The molecule has 1 atom stereocenters. The predicted molar refractivity (Wildman–Crippen MR) is 87.0 cm³/mol. The van der Waals surface area contributed by atoms with Crippen molar-refractivity contribution in [2.75, 3.05) is 13.7 Å². The van der Waals surface area contributed by atoms with E-state index < -0.39 is 6.10 Å². The summed E-state index contributed by atoms with van der Waals surface area (Å²) in [6.45, 7) is 2.73. The van der Waals surface area contributed by atoms with E-state index in [-0.39, 0.29) is 0 Å². The van der Waals surface area contributed by atoms with Crippen molar-refractivity contribution >= 4 is 15.9 Å². The molecule has 2 aromatic rings. The van der Waals surface area contributed by atoms with E-state index in [0.29, 0.717) is 12.4 Å². The number of aliphatic hydroxyl groups excluding tert-OH is 1. The number of hydrogen-bond donors (Lipinski definition) is 1. The molecule has 0 fully saturated rings. The maximum absolute atomic E-state index is 10.6. The number of aliphatic hydroxyl groups is 1. The van der Waals surface area contributed by atoms with Crippen LogP contribution in [0.15, 0.2) is 46.9 Å². The van der Waals surface area contributed by atoms with Crippen LogP contribution in [0, 0.1) is 0 Å². The van der Waals surface area contributed by atoms with Crippen LogP contribution >= 0.6 is 15.9 Å². The van der Waals surface area contributed by atoms with Gasteiger partial charge in [-0.15, -0.1) is 0 Å². The zero-order chi connectivity index (χ0) is 15.2. The molecule has 1 N–H and O–H groups in total. The van der Waals surface area contributed by atoms with Crippen molar-refractivity contribution < 1.29 is 14.6 Å². The van der Waals surface area contributed by atoms with Crippen molar-refractivity contribution in [3.63, 3.8) is 0 Å². The molecule has 0 aliphatic carbocycles. The number of rotatable bonds is 6. The smallest absolute Gasteiger partial charge is 0.125 e. The molecule has 0 heterocycles. The molecule has 0 aliphatic heterocycles. The summed E-state index contributed by atoms with van der Waals surface area (Å²) in [6.07, 6.45) is 0.189. The Morgan fingerprint density at radius 2 is 2.00 bits per heavy atom. The van der Waals surface area contributed by atoms with Crippen molar-refractivity contribution in [3.8, 4) is 11.5 Å². The predicted octanol–water partition coefficient (Wildman–Crippen LogP) is 4.33. The van der Waals surface area contributed by atoms with Gasteiger partial charge in [0.05, 0.1) is 13.7 Å². The molecule has 3 nitrogen and oxygen atoms in total. The Bertz CT molecular complexity index is 598. The Hall–Kier alpha value is -1.52. The van der Waals surface area contributed by atoms with Gasteiger partial charge in [0, 0.05) is 10.0 Å². The summed E-state index contributed by atoms with van der Waals surface area (Å²) >= 11 is 3.42. The molecule has 1 unspecified atom stereocenters. The van der Waals surface area contributed by atoms with Gasteiger partial charge in [0.25, 0.3) is 0 Å². The zero-order valence-corrected chi connectivity index (χ0v) is 13.8. The summed E-state index contributed by atoms with van der Waals surface area (Å²) in [5, 5.41) is 10.6. The van der Waals surface area contributed by atoms with Gasteiger partial charge in [-0.05, 0) is 42.3 Å². The van der Waals surface area contributed by atoms with Crippen molar-refractivity contribution in [1.82, 2.24) is 0 Å². The summed E-state index contributed by atoms with van der Waals surface area (Å²) in [4.78, 5) is 0. The van der Waals surface area contributed by atoms with E-state index in [1.165, 1.54) is 0 Å². The first-order valence-electron chi connectivity index (χ1n) is 6.90. The molecule has 0 saturated carbocycles. The van der Waals surface area contributed by atoms with Crippen LogP contribution in [0.4, 0.5) is 0 Å². The second-order valence-electron chi connectivity index (χ2n) is 4.71. The Labute approximate surface area is 133 Å². The van der Waals surface area contributed by atoms with Gasteiger partial charge >= 0.3 is 0 Å². The molecule has 0 amide bonds. The molecular weight excluding hydrogens is 332 g/mol. The number of halogens is 1. The van der Waals surface area contributed by atoms with Crippen molar-refractivity contribution in [2.45, 2.75) is 19.4 Å².